The smallest absolute Gasteiger partial charge is 0.407 e. The Labute approximate surface area is 118 Å². The summed E-state index contributed by atoms with van der Waals surface area (Å²) in [5, 5.41) is 20.4. The van der Waals surface area contributed by atoms with Crippen molar-refractivity contribution in [2.75, 3.05) is 0 Å². The molecule has 3 atom stereocenters. The summed E-state index contributed by atoms with van der Waals surface area (Å²) < 4.78 is 6.96. The van der Waals surface area contributed by atoms with E-state index in [1.165, 1.54) is 0 Å². The van der Waals surface area contributed by atoms with E-state index in [0.717, 1.165) is 0 Å². The van der Waals surface area contributed by atoms with Crippen molar-refractivity contribution in [2.45, 2.75) is 63.8 Å². The average Bonchev–Trinajstić information content (AvgIpc) is 2.82. The molecule has 0 bridgehead atoms. The van der Waals surface area contributed by atoms with Crippen molar-refractivity contribution >= 4 is 6.09 Å². The Balaban J connectivity index is 2.02. The van der Waals surface area contributed by atoms with Crippen LogP contribution in [0.4, 0.5) is 4.79 Å². The molecule has 0 saturated heterocycles. The number of amides is 1. The van der Waals surface area contributed by atoms with E-state index in [1.807, 2.05) is 20.8 Å². The van der Waals surface area contributed by atoms with Crippen LogP contribution in [0.3, 0.4) is 0 Å². The number of ether oxygens (including phenoxy) is 1. The lowest BCUT2D eigenvalue weighted by atomic mass is 9.88. The molecule has 1 saturated carbocycles. The number of nitrogens with zero attached hydrogens (tertiary/aromatic N) is 3. The van der Waals surface area contributed by atoms with Crippen molar-refractivity contribution in [3.8, 4) is 0 Å². The van der Waals surface area contributed by atoms with Gasteiger partial charge in [0.15, 0.2) is 0 Å². The Bertz CT molecular complexity index is 441. The number of aromatic nitrogens is 3. The molecule has 0 aliphatic heterocycles. The normalized spacial score (nSPS) is 27.1. The summed E-state index contributed by atoms with van der Waals surface area (Å²) in [5.41, 5.74) is -0.527. The lowest BCUT2D eigenvalue weighted by Gasteiger charge is -2.34. The quantitative estimate of drug-likeness (QED) is 0.852. The van der Waals surface area contributed by atoms with Gasteiger partial charge in [0, 0.05) is 6.20 Å². The van der Waals surface area contributed by atoms with Crippen molar-refractivity contribution in [3.05, 3.63) is 12.4 Å². The molecule has 7 nitrogen and oxygen atoms in total. The highest BCUT2D eigenvalue weighted by molar-refractivity contribution is 5.68. The standard InChI is InChI=1S/C13H22N4O3/c1-13(2,3)20-12(19)15-10-5-4-9(18)8-11(10)17-7-6-14-16-17/h6-7,9-11,18H,4-5,8H2,1-3H3,(H,15,19). The summed E-state index contributed by atoms with van der Waals surface area (Å²) in [6.45, 7) is 5.48. The van der Waals surface area contributed by atoms with Gasteiger partial charge in [0.25, 0.3) is 0 Å². The lowest BCUT2D eigenvalue weighted by molar-refractivity contribution is 0.0385. The summed E-state index contributed by atoms with van der Waals surface area (Å²) in [6, 6.07) is -0.219. The number of alkyl carbamates (subject to hydrolysis) is 1. The molecule has 1 aliphatic carbocycles. The van der Waals surface area contributed by atoms with Gasteiger partial charge in [-0.2, -0.15) is 0 Å². The third-order valence-corrected chi connectivity index (χ3v) is 3.27. The molecular formula is C13H22N4O3. The molecule has 1 fully saturated rings. The van der Waals surface area contributed by atoms with Gasteiger partial charge in [-0.3, -0.25) is 0 Å². The fourth-order valence-corrected chi connectivity index (χ4v) is 2.44. The highest BCUT2D eigenvalue weighted by Gasteiger charge is 2.33. The highest BCUT2D eigenvalue weighted by atomic mass is 16.6. The molecule has 0 spiro atoms. The molecule has 1 aromatic rings. The minimum atomic E-state index is -0.527. The summed E-state index contributed by atoms with van der Waals surface area (Å²) >= 11 is 0. The van der Waals surface area contributed by atoms with Gasteiger partial charge in [-0.05, 0) is 40.0 Å². The fraction of sp³-hybridized carbons (Fsp3) is 0.769. The van der Waals surface area contributed by atoms with E-state index in [-0.39, 0.29) is 18.2 Å². The molecule has 7 heteroatoms. The maximum absolute atomic E-state index is 11.9. The Morgan fingerprint density at radius 2 is 2.20 bits per heavy atom. The first-order valence-corrected chi connectivity index (χ1v) is 6.88. The largest absolute Gasteiger partial charge is 0.444 e. The number of aliphatic hydroxyl groups excluding tert-OH is 1. The van der Waals surface area contributed by atoms with Crippen LogP contribution >= 0.6 is 0 Å². The number of carbonyl (C=O) groups excluding carboxylic acids is 1. The second-order valence-corrected chi connectivity index (χ2v) is 6.17. The van der Waals surface area contributed by atoms with E-state index in [2.05, 4.69) is 15.6 Å². The third-order valence-electron chi connectivity index (χ3n) is 3.27. The molecule has 20 heavy (non-hydrogen) atoms. The molecule has 112 valence electrons. The number of hydrogen-bond donors (Lipinski definition) is 2. The van der Waals surface area contributed by atoms with Gasteiger partial charge in [-0.1, -0.05) is 5.21 Å². The van der Waals surface area contributed by atoms with Crippen molar-refractivity contribution in [2.24, 2.45) is 0 Å². The minimum absolute atomic E-state index is 0.103. The van der Waals surface area contributed by atoms with E-state index in [0.29, 0.717) is 19.3 Å². The number of rotatable bonds is 2. The predicted molar refractivity (Wildman–Crippen MR) is 72.1 cm³/mol. The Kier molecular flexibility index (Phi) is 4.27. The molecule has 1 aromatic heterocycles. The maximum Gasteiger partial charge on any atom is 0.407 e. The van der Waals surface area contributed by atoms with E-state index in [9.17, 15) is 9.90 Å². The van der Waals surface area contributed by atoms with Crippen LogP contribution in [0.25, 0.3) is 0 Å². The Morgan fingerprint density at radius 3 is 2.80 bits per heavy atom. The molecule has 0 aromatic carbocycles. The zero-order chi connectivity index (χ0) is 14.8. The van der Waals surface area contributed by atoms with Gasteiger partial charge < -0.3 is 15.2 Å². The topological polar surface area (TPSA) is 89.3 Å². The first-order chi connectivity index (χ1) is 9.35. The van der Waals surface area contributed by atoms with Crippen molar-refractivity contribution in [3.63, 3.8) is 0 Å². The first kappa shape index (κ1) is 14.8. The second kappa shape index (κ2) is 5.78. The number of carbonyl (C=O) groups is 1. The Morgan fingerprint density at radius 1 is 1.45 bits per heavy atom. The number of aliphatic hydroxyl groups is 1. The predicted octanol–water partition coefficient (Wildman–Crippen LogP) is 1.26. The minimum Gasteiger partial charge on any atom is -0.444 e. The first-order valence-electron chi connectivity index (χ1n) is 6.88. The van der Waals surface area contributed by atoms with Crippen LogP contribution in [-0.4, -0.2) is 43.9 Å². The lowest BCUT2D eigenvalue weighted by Crippen LogP contribution is -2.47. The second-order valence-electron chi connectivity index (χ2n) is 6.17. The fourth-order valence-electron chi connectivity index (χ4n) is 2.44. The highest BCUT2D eigenvalue weighted by Crippen LogP contribution is 2.28. The number of hydrogen-bond acceptors (Lipinski definition) is 5. The molecule has 1 aliphatic rings. The van der Waals surface area contributed by atoms with Crippen LogP contribution < -0.4 is 5.32 Å². The van der Waals surface area contributed by atoms with Gasteiger partial charge >= 0.3 is 6.09 Å². The van der Waals surface area contributed by atoms with Gasteiger partial charge in [0.05, 0.1) is 24.4 Å². The summed E-state index contributed by atoms with van der Waals surface area (Å²) in [7, 11) is 0. The van der Waals surface area contributed by atoms with Crippen molar-refractivity contribution in [1.29, 1.82) is 0 Å². The summed E-state index contributed by atoms with van der Waals surface area (Å²) in [4.78, 5) is 11.9. The zero-order valence-electron chi connectivity index (χ0n) is 12.1. The van der Waals surface area contributed by atoms with Gasteiger partial charge in [0.1, 0.15) is 5.60 Å². The van der Waals surface area contributed by atoms with Crippen LogP contribution in [0.2, 0.25) is 0 Å². The van der Waals surface area contributed by atoms with Gasteiger partial charge in [0.2, 0.25) is 0 Å². The van der Waals surface area contributed by atoms with E-state index < -0.39 is 11.7 Å². The zero-order valence-corrected chi connectivity index (χ0v) is 12.1. The molecule has 2 rings (SSSR count). The molecule has 0 radical (unpaired) electrons. The monoisotopic (exact) mass is 282 g/mol. The van der Waals surface area contributed by atoms with Crippen LogP contribution in [0, 0.1) is 0 Å². The Hall–Kier alpha value is -1.63. The molecule has 1 amide bonds. The molecule has 1 heterocycles. The average molecular weight is 282 g/mol. The van der Waals surface area contributed by atoms with Crippen molar-refractivity contribution < 1.29 is 14.6 Å². The molecular weight excluding hydrogens is 260 g/mol. The maximum atomic E-state index is 11.9. The van der Waals surface area contributed by atoms with Crippen LogP contribution in [-0.2, 0) is 4.74 Å². The van der Waals surface area contributed by atoms with Gasteiger partial charge in [-0.15, -0.1) is 5.10 Å². The molecule has 2 N–H and O–H groups in total. The van der Waals surface area contributed by atoms with Crippen LogP contribution in [0.15, 0.2) is 12.4 Å². The third kappa shape index (κ3) is 3.93. The van der Waals surface area contributed by atoms with Crippen LogP contribution in [0.1, 0.15) is 46.1 Å². The molecule has 3 unspecified atom stereocenters. The summed E-state index contributed by atoms with van der Waals surface area (Å²) in [6.07, 6.45) is 4.41. The van der Waals surface area contributed by atoms with Crippen molar-refractivity contribution in [1.82, 2.24) is 20.3 Å². The summed E-state index contributed by atoms with van der Waals surface area (Å²) in [5.74, 6) is 0. The van der Waals surface area contributed by atoms with E-state index in [1.54, 1.807) is 17.1 Å². The number of nitrogens with one attached hydrogen (secondary N) is 1. The van der Waals surface area contributed by atoms with Gasteiger partial charge in [-0.25, -0.2) is 9.48 Å². The van der Waals surface area contributed by atoms with E-state index in [4.69, 9.17) is 4.74 Å². The SMILES string of the molecule is CC(C)(C)OC(=O)NC1CCC(O)CC1n1ccnn1. The van der Waals surface area contributed by atoms with Crippen LogP contribution in [0.5, 0.6) is 0 Å². The van der Waals surface area contributed by atoms with E-state index >= 15 is 0 Å².